The van der Waals surface area contributed by atoms with Crippen LogP contribution in [0.2, 0.25) is 0 Å². The Morgan fingerprint density at radius 2 is 1.81 bits per heavy atom. The minimum atomic E-state index is -0.445. The molecular formula is C16H19N3O2. The van der Waals surface area contributed by atoms with Crippen LogP contribution in [0.5, 0.6) is 0 Å². The lowest BCUT2D eigenvalue weighted by molar-refractivity contribution is 0.0602. The van der Waals surface area contributed by atoms with Crippen LogP contribution in [0.3, 0.4) is 0 Å². The van der Waals surface area contributed by atoms with E-state index in [1.54, 1.807) is 12.1 Å². The number of benzene rings is 2. The second kappa shape index (κ2) is 6.17. The Bertz CT molecular complexity index is 636. The first kappa shape index (κ1) is 14.7. The highest BCUT2D eigenvalue weighted by molar-refractivity contribution is 5.98. The van der Waals surface area contributed by atoms with Gasteiger partial charge in [-0.1, -0.05) is 6.07 Å². The summed E-state index contributed by atoms with van der Waals surface area (Å²) in [7, 11) is 5.31. The molecule has 0 bridgehead atoms. The van der Waals surface area contributed by atoms with Crippen LogP contribution in [-0.2, 0) is 4.74 Å². The van der Waals surface area contributed by atoms with E-state index in [4.69, 9.17) is 10.5 Å². The highest BCUT2D eigenvalue weighted by atomic mass is 16.5. The molecule has 0 saturated carbocycles. The molecule has 0 saturated heterocycles. The Kier molecular flexibility index (Phi) is 4.33. The standard InChI is InChI=1S/C16H19N3O2/c1-19(2)12-9-7-11(8-10-12)18-14-6-4-5-13(15(14)17)16(20)21-3/h4-10,18H,17H2,1-3H3. The summed E-state index contributed by atoms with van der Waals surface area (Å²) >= 11 is 0. The zero-order valence-electron chi connectivity index (χ0n) is 12.4. The van der Waals surface area contributed by atoms with Gasteiger partial charge < -0.3 is 20.7 Å². The number of nitrogens with one attached hydrogen (secondary N) is 1. The lowest BCUT2D eigenvalue weighted by Gasteiger charge is -2.15. The fourth-order valence-electron chi connectivity index (χ4n) is 1.96. The predicted octanol–water partition coefficient (Wildman–Crippen LogP) is 2.87. The van der Waals surface area contributed by atoms with Crippen LogP contribution in [-0.4, -0.2) is 27.2 Å². The first-order valence-corrected chi connectivity index (χ1v) is 6.54. The van der Waals surface area contributed by atoms with Gasteiger partial charge >= 0.3 is 5.97 Å². The number of anilines is 4. The second-order valence-corrected chi connectivity index (χ2v) is 4.82. The van der Waals surface area contributed by atoms with Gasteiger partial charge in [0.1, 0.15) is 0 Å². The summed E-state index contributed by atoms with van der Waals surface area (Å²) in [5.41, 5.74) is 9.43. The van der Waals surface area contributed by atoms with E-state index in [-0.39, 0.29) is 0 Å². The predicted molar refractivity (Wildman–Crippen MR) is 86.2 cm³/mol. The van der Waals surface area contributed by atoms with Crippen LogP contribution >= 0.6 is 0 Å². The second-order valence-electron chi connectivity index (χ2n) is 4.82. The van der Waals surface area contributed by atoms with Crippen LogP contribution in [0.1, 0.15) is 10.4 Å². The summed E-state index contributed by atoms with van der Waals surface area (Å²) in [4.78, 5) is 13.6. The number of hydrogen-bond acceptors (Lipinski definition) is 5. The summed E-state index contributed by atoms with van der Waals surface area (Å²) in [6.07, 6.45) is 0. The zero-order valence-corrected chi connectivity index (χ0v) is 12.4. The van der Waals surface area contributed by atoms with Crippen LogP contribution < -0.4 is 16.0 Å². The largest absolute Gasteiger partial charge is 0.465 e. The Morgan fingerprint density at radius 1 is 1.14 bits per heavy atom. The van der Waals surface area contributed by atoms with Crippen LogP contribution in [0.15, 0.2) is 42.5 Å². The zero-order chi connectivity index (χ0) is 15.4. The van der Waals surface area contributed by atoms with E-state index in [1.165, 1.54) is 7.11 Å². The van der Waals surface area contributed by atoms with Gasteiger partial charge in [0.2, 0.25) is 0 Å². The summed E-state index contributed by atoms with van der Waals surface area (Å²) < 4.78 is 4.71. The van der Waals surface area contributed by atoms with Crippen LogP contribution in [0.25, 0.3) is 0 Å². The van der Waals surface area contributed by atoms with Crippen molar-refractivity contribution >= 4 is 28.7 Å². The number of nitrogens with two attached hydrogens (primary N) is 1. The number of rotatable bonds is 4. The summed E-state index contributed by atoms with van der Waals surface area (Å²) in [6.45, 7) is 0. The highest BCUT2D eigenvalue weighted by Crippen LogP contribution is 2.27. The molecule has 0 aliphatic heterocycles. The molecule has 0 unspecified atom stereocenters. The first-order chi connectivity index (χ1) is 10.0. The average Bonchev–Trinajstić information content (AvgIpc) is 2.49. The number of esters is 1. The van der Waals surface area contributed by atoms with Crippen molar-refractivity contribution in [3.63, 3.8) is 0 Å². The van der Waals surface area contributed by atoms with Gasteiger partial charge in [-0.3, -0.25) is 0 Å². The lowest BCUT2D eigenvalue weighted by Crippen LogP contribution is -2.09. The van der Waals surface area contributed by atoms with Crippen molar-refractivity contribution in [1.82, 2.24) is 0 Å². The number of methoxy groups -OCH3 is 1. The number of nitrogen functional groups attached to an aromatic ring is 1. The van der Waals surface area contributed by atoms with Gasteiger partial charge in [0.15, 0.2) is 0 Å². The smallest absolute Gasteiger partial charge is 0.340 e. The molecule has 0 atom stereocenters. The maximum Gasteiger partial charge on any atom is 0.340 e. The molecular weight excluding hydrogens is 266 g/mol. The summed E-state index contributed by atoms with van der Waals surface area (Å²) in [6, 6.07) is 13.1. The molecule has 2 rings (SSSR count). The molecule has 110 valence electrons. The quantitative estimate of drug-likeness (QED) is 0.668. The van der Waals surface area contributed by atoms with Gasteiger partial charge in [-0.2, -0.15) is 0 Å². The molecule has 0 fully saturated rings. The van der Waals surface area contributed by atoms with Gasteiger partial charge in [-0.05, 0) is 36.4 Å². The van der Waals surface area contributed by atoms with Gasteiger partial charge in [-0.25, -0.2) is 4.79 Å². The van der Waals surface area contributed by atoms with Crippen LogP contribution in [0, 0.1) is 0 Å². The minimum Gasteiger partial charge on any atom is -0.465 e. The van der Waals surface area contributed by atoms with Gasteiger partial charge in [0.05, 0.1) is 24.0 Å². The third kappa shape index (κ3) is 3.25. The van der Waals surface area contributed by atoms with Crippen molar-refractivity contribution in [2.75, 3.05) is 37.2 Å². The van der Waals surface area contributed by atoms with Crippen LogP contribution in [0.4, 0.5) is 22.7 Å². The van der Waals surface area contributed by atoms with Gasteiger partial charge in [0, 0.05) is 25.5 Å². The number of hydrogen-bond donors (Lipinski definition) is 2. The number of ether oxygens (including phenoxy) is 1. The minimum absolute atomic E-state index is 0.354. The normalized spacial score (nSPS) is 10.0. The third-order valence-electron chi connectivity index (χ3n) is 3.17. The van der Waals surface area contributed by atoms with Crippen molar-refractivity contribution in [3.05, 3.63) is 48.0 Å². The average molecular weight is 285 g/mol. The van der Waals surface area contributed by atoms with E-state index >= 15 is 0 Å². The number of para-hydroxylation sites is 1. The molecule has 5 heteroatoms. The fraction of sp³-hybridized carbons (Fsp3) is 0.188. The molecule has 0 aromatic heterocycles. The van der Waals surface area contributed by atoms with Crippen molar-refractivity contribution in [3.8, 4) is 0 Å². The van der Waals surface area contributed by atoms with E-state index in [1.807, 2.05) is 49.3 Å². The maximum absolute atomic E-state index is 11.6. The Hall–Kier alpha value is -2.69. The lowest BCUT2D eigenvalue weighted by atomic mass is 10.1. The SMILES string of the molecule is COC(=O)c1cccc(Nc2ccc(N(C)C)cc2)c1N. The Labute approximate surface area is 124 Å². The molecule has 0 amide bonds. The molecule has 5 nitrogen and oxygen atoms in total. The van der Waals surface area contributed by atoms with E-state index in [2.05, 4.69) is 5.32 Å². The topological polar surface area (TPSA) is 67.6 Å². The molecule has 21 heavy (non-hydrogen) atoms. The fourth-order valence-corrected chi connectivity index (χ4v) is 1.96. The molecule has 3 N–H and O–H groups in total. The molecule has 0 heterocycles. The van der Waals surface area contributed by atoms with Crippen molar-refractivity contribution < 1.29 is 9.53 Å². The molecule has 0 spiro atoms. The first-order valence-electron chi connectivity index (χ1n) is 6.54. The molecule has 0 aliphatic rings. The summed E-state index contributed by atoms with van der Waals surface area (Å²) in [5, 5.41) is 3.21. The van der Waals surface area contributed by atoms with Crippen molar-refractivity contribution in [2.24, 2.45) is 0 Å². The monoisotopic (exact) mass is 285 g/mol. The molecule has 0 aliphatic carbocycles. The van der Waals surface area contributed by atoms with E-state index in [9.17, 15) is 4.79 Å². The van der Waals surface area contributed by atoms with Crippen molar-refractivity contribution in [1.29, 1.82) is 0 Å². The van der Waals surface area contributed by atoms with E-state index in [0.29, 0.717) is 16.9 Å². The number of carbonyl (C=O) groups is 1. The maximum atomic E-state index is 11.6. The molecule has 2 aromatic carbocycles. The van der Waals surface area contributed by atoms with E-state index < -0.39 is 5.97 Å². The third-order valence-corrected chi connectivity index (χ3v) is 3.17. The van der Waals surface area contributed by atoms with E-state index in [0.717, 1.165) is 11.4 Å². The number of nitrogens with zero attached hydrogens (tertiary/aromatic N) is 1. The Balaban J connectivity index is 2.25. The Morgan fingerprint density at radius 3 is 2.38 bits per heavy atom. The van der Waals surface area contributed by atoms with Gasteiger partial charge in [0.25, 0.3) is 0 Å². The van der Waals surface area contributed by atoms with Crippen molar-refractivity contribution in [2.45, 2.75) is 0 Å². The molecule has 0 radical (unpaired) electrons. The highest BCUT2D eigenvalue weighted by Gasteiger charge is 2.12. The molecule has 2 aromatic rings. The van der Waals surface area contributed by atoms with Gasteiger partial charge in [-0.15, -0.1) is 0 Å². The number of carbonyl (C=O) groups excluding carboxylic acids is 1. The summed E-state index contributed by atoms with van der Waals surface area (Å²) in [5.74, 6) is -0.445.